The second-order valence-electron chi connectivity index (χ2n) is 3.96. The second kappa shape index (κ2) is 5.45. The molecule has 0 aliphatic rings. The first-order valence-electron chi connectivity index (χ1n) is 5.89. The molecule has 0 unspecified atom stereocenters. The van der Waals surface area contributed by atoms with E-state index in [0.29, 0.717) is 5.56 Å². The van der Waals surface area contributed by atoms with Gasteiger partial charge in [-0.25, -0.2) is 0 Å². The van der Waals surface area contributed by atoms with Gasteiger partial charge >= 0.3 is 5.97 Å². The number of esters is 1. The molecule has 0 atom stereocenters. The van der Waals surface area contributed by atoms with Gasteiger partial charge in [-0.05, 0) is 10.8 Å². The van der Waals surface area contributed by atoms with Gasteiger partial charge in [0.05, 0.1) is 0 Å². The van der Waals surface area contributed by atoms with Gasteiger partial charge in [0, 0.05) is 12.0 Å². The van der Waals surface area contributed by atoms with Crippen molar-refractivity contribution in [1.29, 1.82) is 0 Å². The van der Waals surface area contributed by atoms with Gasteiger partial charge in [-0.15, -0.1) is 0 Å². The first-order chi connectivity index (χ1) is 8.72. The molecule has 0 N–H and O–H groups in total. The molecule has 0 aliphatic carbocycles. The van der Waals surface area contributed by atoms with Crippen molar-refractivity contribution in [2.24, 2.45) is 0 Å². The molecule has 3 heteroatoms. The summed E-state index contributed by atoms with van der Waals surface area (Å²) >= 11 is 0. The molecule has 2 aromatic rings. The third kappa shape index (κ3) is 2.56. The van der Waals surface area contributed by atoms with Gasteiger partial charge < -0.3 is 4.74 Å². The Bertz CT molecular complexity index is 582. The fourth-order valence-corrected chi connectivity index (χ4v) is 1.79. The summed E-state index contributed by atoms with van der Waals surface area (Å²) in [6, 6.07) is 13.2. The monoisotopic (exact) mass is 242 g/mol. The highest BCUT2D eigenvalue weighted by Gasteiger charge is 2.11. The van der Waals surface area contributed by atoms with Crippen LogP contribution < -0.4 is 0 Å². The average Bonchev–Trinajstić information content (AvgIpc) is 2.43. The lowest BCUT2D eigenvalue weighted by molar-refractivity contribution is -0.142. The maximum Gasteiger partial charge on any atom is 0.305 e. The maximum absolute atomic E-state index is 12.0. The number of carbonyl (C=O) groups excluding carboxylic acids is 2. The molecule has 92 valence electrons. The summed E-state index contributed by atoms with van der Waals surface area (Å²) in [5.41, 5.74) is 0.594. The topological polar surface area (TPSA) is 43.4 Å². The molecule has 0 amide bonds. The quantitative estimate of drug-likeness (QED) is 0.611. The Morgan fingerprint density at radius 1 is 1.06 bits per heavy atom. The Hall–Kier alpha value is -2.16. The zero-order chi connectivity index (χ0) is 13.0. The molecular weight excluding hydrogens is 228 g/mol. The van der Waals surface area contributed by atoms with Crippen molar-refractivity contribution in [3.8, 4) is 0 Å². The summed E-state index contributed by atoms with van der Waals surface area (Å²) in [6.45, 7) is 1.51. The molecule has 0 bridgehead atoms. The van der Waals surface area contributed by atoms with Gasteiger partial charge in [-0.2, -0.15) is 0 Å². The average molecular weight is 242 g/mol. The van der Waals surface area contributed by atoms with Crippen LogP contribution in [0.1, 0.15) is 23.7 Å². The van der Waals surface area contributed by atoms with E-state index in [1.54, 1.807) is 13.0 Å². The van der Waals surface area contributed by atoms with Gasteiger partial charge in [0.15, 0.2) is 6.61 Å². The summed E-state index contributed by atoms with van der Waals surface area (Å²) in [4.78, 5) is 23.0. The Morgan fingerprint density at radius 2 is 1.78 bits per heavy atom. The van der Waals surface area contributed by atoms with Crippen LogP contribution in [0.15, 0.2) is 42.5 Å². The Morgan fingerprint density at radius 3 is 2.56 bits per heavy atom. The minimum atomic E-state index is -0.358. The molecular formula is C15H14O3. The van der Waals surface area contributed by atoms with Crippen LogP contribution in [0, 0.1) is 0 Å². The van der Waals surface area contributed by atoms with Gasteiger partial charge in [0.25, 0.3) is 0 Å². The van der Waals surface area contributed by atoms with Gasteiger partial charge in [-0.1, -0.05) is 49.4 Å². The van der Waals surface area contributed by atoms with Crippen molar-refractivity contribution in [3.05, 3.63) is 48.0 Å². The van der Waals surface area contributed by atoms with E-state index < -0.39 is 0 Å². The van der Waals surface area contributed by atoms with Crippen LogP contribution in [0.4, 0.5) is 0 Å². The van der Waals surface area contributed by atoms with Gasteiger partial charge in [0.2, 0.25) is 5.78 Å². The molecule has 0 saturated carbocycles. The standard InChI is InChI=1S/C15H14O3/c1-2-15(17)18-10-14(16)13-9-5-7-11-6-3-4-8-12(11)13/h3-9H,2,10H2,1H3. The van der Waals surface area contributed by atoms with E-state index in [2.05, 4.69) is 0 Å². The van der Waals surface area contributed by atoms with Crippen molar-refractivity contribution in [2.75, 3.05) is 6.61 Å². The highest BCUT2D eigenvalue weighted by atomic mass is 16.5. The summed E-state index contributed by atoms with van der Waals surface area (Å²) in [5.74, 6) is -0.530. The van der Waals surface area contributed by atoms with Gasteiger partial charge in [0.1, 0.15) is 0 Å². The van der Waals surface area contributed by atoms with E-state index in [-0.39, 0.29) is 24.8 Å². The molecule has 0 aromatic heterocycles. The van der Waals surface area contributed by atoms with Crippen LogP contribution in [0.3, 0.4) is 0 Å². The fourth-order valence-electron chi connectivity index (χ4n) is 1.79. The Kier molecular flexibility index (Phi) is 3.72. The molecule has 18 heavy (non-hydrogen) atoms. The summed E-state index contributed by atoms with van der Waals surface area (Å²) in [5, 5.41) is 1.89. The minimum absolute atomic E-state index is 0.173. The van der Waals surface area contributed by atoms with Crippen LogP contribution in [0.25, 0.3) is 10.8 Å². The number of rotatable bonds is 4. The molecule has 0 heterocycles. The van der Waals surface area contributed by atoms with E-state index in [0.717, 1.165) is 10.8 Å². The third-order valence-electron chi connectivity index (χ3n) is 2.74. The minimum Gasteiger partial charge on any atom is -0.457 e. The fraction of sp³-hybridized carbons (Fsp3) is 0.200. The van der Waals surface area contributed by atoms with Crippen LogP contribution in [0.2, 0.25) is 0 Å². The van der Waals surface area contributed by atoms with Crippen molar-refractivity contribution >= 4 is 22.5 Å². The largest absolute Gasteiger partial charge is 0.457 e. The first kappa shape index (κ1) is 12.3. The molecule has 2 aromatic carbocycles. The number of Topliss-reactive ketones (excluding diaryl/α,β-unsaturated/α-hetero) is 1. The SMILES string of the molecule is CCC(=O)OCC(=O)c1cccc2ccccc12. The van der Waals surface area contributed by atoms with Gasteiger partial charge in [-0.3, -0.25) is 9.59 Å². The first-order valence-corrected chi connectivity index (χ1v) is 5.89. The van der Waals surface area contributed by atoms with E-state index in [4.69, 9.17) is 4.74 Å². The normalized spacial score (nSPS) is 10.3. The van der Waals surface area contributed by atoms with Crippen molar-refractivity contribution < 1.29 is 14.3 Å². The zero-order valence-corrected chi connectivity index (χ0v) is 10.2. The van der Waals surface area contributed by atoms with Crippen LogP contribution >= 0.6 is 0 Å². The number of fused-ring (bicyclic) bond motifs is 1. The van der Waals surface area contributed by atoms with Crippen molar-refractivity contribution in [1.82, 2.24) is 0 Å². The number of hydrogen-bond donors (Lipinski definition) is 0. The number of carbonyl (C=O) groups is 2. The number of ether oxygens (including phenoxy) is 1. The summed E-state index contributed by atoms with van der Waals surface area (Å²) in [6.07, 6.45) is 0.281. The maximum atomic E-state index is 12.0. The Balaban J connectivity index is 2.25. The highest BCUT2D eigenvalue weighted by Crippen LogP contribution is 2.18. The van der Waals surface area contributed by atoms with Crippen LogP contribution in [0.5, 0.6) is 0 Å². The van der Waals surface area contributed by atoms with Crippen LogP contribution in [-0.2, 0) is 9.53 Å². The second-order valence-corrected chi connectivity index (χ2v) is 3.96. The predicted molar refractivity (Wildman–Crippen MR) is 69.5 cm³/mol. The molecule has 0 saturated heterocycles. The molecule has 0 aliphatic heterocycles. The van der Waals surface area contributed by atoms with Crippen LogP contribution in [-0.4, -0.2) is 18.4 Å². The third-order valence-corrected chi connectivity index (χ3v) is 2.74. The summed E-state index contributed by atoms with van der Waals surface area (Å²) in [7, 11) is 0. The molecule has 0 spiro atoms. The number of hydrogen-bond acceptors (Lipinski definition) is 3. The number of ketones is 1. The van der Waals surface area contributed by atoms with E-state index in [1.165, 1.54) is 0 Å². The lowest BCUT2D eigenvalue weighted by Gasteiger charge is -2.06. The Labute approximate surface area is 105 Å². The van der Waals surface area contributed by atoms with E-state index in [1.807, 2.05) is 36.4 Å². The zero-order valence-electron chi connectivity index (χ0n) is 10.2. The van der Waals surface area contributed by atoms with E-state index in [9.17, 15) is 9.59 Å². The van der Waals surface area contributed by atoms with E-state index >= 15 is 0 Å². The highest BCUT2D eigenvalue weighted by molar-refractivity contribution is 6.09. The lowest BCUT2D eigenvalue weighted by atomic mass is 10.0. The van der Waals surface area contributed by atoms with Crippen molar-refractivity contribution in [2.45, 2.75) is 13.3 Å². The molecule has 3 nitrogen and oxygen atoms in total. The smallest absolute Gasteiger partial charge is 0.305 e. The molecule has 2 rings (SSSR count). The molecule has 0 radical (unpaired) electrons. The van der Waals surface area contributed by atoms with Crippen molar-refractivity contribution in [3.63, 3.8) is 0 Å². The lowest BCUT2D eigenvalue weighted by Crippen LogP contribution is -2.13. The molecule has 0 fully saturated rings. The predicted octanol–water partition coefficient (Wildman–Crippen LogP) is 2.98. The number of benzene rings is 2. The summed E-state index contributed by atoms with van der Waals surface area (Å²) < 4.78 is 4.87.